The van der Waals surface area contributed by atoms with Crippen LogP contribution in [-0.2, 0) is 4.74 Å². The van der Waals surface area contributed by atoms with Crippen LogP contribution in [0.3, 0.4) is 0 Å². The van der Waals surface area contributed by atoms with Gasteiger partial charge < -0.3 is 15.2 Å². The van der Waals surface area contributed by atoms with Gasteiger partial charge in [-0.05, 0) is 13.8 Å². The van der Waals surface area contributed by atoms with Crippen molar-refractivity contribution in [2.24, 2.45) is 0 Å². The lowest BCUT2D eigenvalue weighted by Crippen LogP contribution is -2.17. The average molecular weight is 267 g/mol. The monoisotopic (exact) mass is 267 g/mol. The summed E-state index contributed by atoms with van der Waals surface area (Å²) in [5.41, 5.74) is 0.424. The molecule has 0 bridgehead atoms. The van der Waals surface area contributed by atoms with Crippen molar-refractivity contribution in [2.75, 3.05) is 18.5 Å². The highest BCUT2D eigenvalue weighted by Crippen LogP contribution is 2.16. The smallest absolute Gasteiger partial charge is 0.356 e. The number of nitrogens with one attached hydrogen (secondary N) is 1. The molecule has 19 heavy (non-hydrogen) atoms. The van der Waals surface area contributed by atoms with Crippen molar-refractivity contribution in [3.63, 3.8) is 0 Å². The molecule has 0 amide bonds. The van der Waals surface area contributed by atoms with Gasteiger partial charge in [0.25, 0.3) is 0 Å². The van der Waals surface area contributed by atoms with Crippen molar-refractivity contribution in [2.45, 2.75) is 39.7 Å². The van der Waals surface area contributed by atoms with Crippen molar-refractivity contribution in [3.8, 4) is 0 Å². The lowest BCUT2D eigenvalue weighted by Gasteiger charge is -2.12. The Balaban J connectivity index is 2.74. The molecule has 0 aromatic carbocycles. The van der Waals surface area contributed by atoms with E-state index in [-0.39, 0.29) is 17.7 Å². The van der Waals surface area contributed by atoms with Gasteiger partial charge in [0, 0.05) is 12.5 Å². The molecule has 6 nitrogen and oxygen atoms in total. The fraction of sp³-hybridized carbons (Fsp3) is 0.615. The summed E-state index contributed by atoms with van der Waals surface area (Å²) in [5, 5.41) is 12.1. The predicted molar refractivity (Wildman–Crippen MR) is 72.7 cm³/mol. The Hall–Kier alpha value is -1.69. The van der Waals surface area contributed by atoms with Crippen LogP contribution < -0.4 is 5.32 Å². The first kappa shape index (κ1) is 15.4. The molecule has 0 atom stereocenters. The van der Waals surface area contributed by atoms with Gasteiger partial charge in [0.15, 0.2) is 5.69 Å². The highest BCUT2D eigenvalue weighted by molar-refractivity contribution is 5.91. The second kappa shape index (κ2) is 7.04. The van der Waals surface area contributed by atoms with Gasteiger partial charge in [-0.1, -0.05) is 13.8 Å². The van der Waals surface area contributed by atoms with E-state index in [0.29, 0.717) is 24.7 Å². The zero-order valence-electron chi connectivity index (χ0n) is 11.8. The molecule has 0 saturated heterocycles. The summed E-state index contributed by atoms with van der Waals surface area (Å²) in [5.74, 6) is -0.436. The molecule has 6 heteroatoms. The van der Waals surface area contributed by atoms with Crippen LogP contribution in [0.2, 0.25) is 0 Å². The molecule has 0 radical (unpaired) electrons. The fourth-order valence-electron chi connectivity index (χ4n) is 1.45. The SMILES string of the molecule is CC(C)OCCNc1cnc(C(C)C)nc1C(=O)O. The average Bonchev–Trinajstić information content (AvgIpc) is 2.34. The van der Waals surface area contributed by atoms with Gasteiger partial charge in [-0.2, -0.15) is 0 Å². The minimum absolute atomic E-state index is 0.00301. The quantitative estimate of drug-likeness (QED) is 0.736. The molecular formula is C13H21N3O3. The number of carbonyl (C=O) groups is 1. The fourth-order valence-corrected chi connectivity index (χ4v) is 1.45. The highest BCUT2D eigenvalue weighted by Gasteiger charge is 2.15. The second-order valence-electron chi connectivity index (χ2n) is 4.80. The lowest BCUT2D eigenvalue weighted by atomic mass is 10.2. The third-order valence-electron chi connectivity index (χ3n) is 2.40. The van der Waals surface area contributed by atoms with Crippen molar-refractivity contribution < 1.29 is 14.6 Å². The molecule has 2 N–H and O–H groups in total. The Bertz CT molecular complexity index is 433. The van der Waals surface area contributed by atoms with Gasteiger partial charge in [0.2, 0.25) is 0 Å². The molecule has 1 aromatic rings. The summed E-state index contributed by atoms with van der Waals surface area (Å²) in [4.78, 5) is 19.4. The van der Waals surface area contributed by atoms with Gasteiger partial charge in [-0.25, -0.2) is 14.8 Å². The van der Waals surface area contributed by atoms with Gasteiger partial charge in [0.05, 0.1) is 24.6 Å². The number of hydrogen-bond acceptors (Lipinski definition) is 5. The van der Waals surface area contributed by atoms with Crippen LogP contribution in [0.4, 0.5) is 5.69 Å². The molecule has 0 spiro atoms. The predicted octanol–water partition coefficient (Wildman–Crippen LogP) is 2.14. The van der Waals surface area contributed by atoms with Crippen LogP contribution in [0.5, 0.6) is 0 Å². The zero-order valence-corrected chi connectivity index (χ0v) is 11.8. The molecule has 0 unspecified atom stereocenters. The largest absolute Gasteiger partial charge is 0.476 e. The van der Waals surface area contributed by atoms with Crippen molar-refractivity contribution in [1.82, 2.24) is 9.97 Å². The third kappa shape index (κ3) is 4.82. The highest BCUT2D eigenvalue weighted by atomic mass is 16.5. The first-order valence-electron chi connectivity index (χ1n) is 6.37. The summed E-state index contributed by atoms with van der Waals surface area (Å²) < 4.78 is 5.38. The van der Waals surface area contributed by atoms with Crippen molar-refractivity contribution >= 4 is 11.7 Å². The van der Waals surface area contributed by atoms with E-state index in [1.54, 1.807) is 0 Å². The van der Waals surface area contributed by atoms with Gasteiger partial charge in [-0.15, -0.1) is 0 Å². The summed E-state index contributed by atoms with van der Waals surface area (Å²) in [7, 11) is 0. The standard InChI is InChI=1S/C13H21N3O3/c1-8(2)12-15-7-10(11(16-12)13(17)18)14-5-6-19-9(3)4/h7-9,14H,5-6H2,1-4H3,(H,17,18). The van der Waals surface area contributed by atoms with Crippen molar-refractivity contribution in [3.05, 3.63) is 17.7 Å². The van der Waals surface area contributed by atoms with Crippen LogP contribution in [0.1, 0.15) is 49.9 Å². The normalized spacial score (nSPS) is 11.1. The molecule has 0 fully saturated rings. The number of aromatic nitrogens is 2. The van der Waals surface area contributed by atoms with Crippen LogP contribution >= 0.6 is 0 Å². The Morgan fingerprint density at radius 1 is 1.42 bits per heavy atom. The van der Waals surface area contributed by atoms with Crippen LogP contribution in [-0.4, -0.2) is 40.3 Å². The molecular weight excluding hydrogens is 246 g/mol. The molecule has 1 heterocycles. The van der Waals surface area contributed by atoms with E-state index in [1.165, 1.54) is 6.20 Å². The molecule has 0 saturated carbocycles. The van der Waals surface area contributed by atoms with E-state index >= 15 is 0 Å². The zero-order chi connectivity index (χ0) is 14.4. The number of rotatable bonds is 7. The van der Waals surface area contributed by atoms with E-state index in [0.717, 1.165) is 0 Å². The van der Waals surface area contributed by atoms with Crippen molar-refractivity contribution in [1.29, 1.82) is 0 Å². The van der Waals surface area contributed by atoms with Gasteiger partial charge >= 0.3 is 5.97 Å². The Kier molecular flexibility index (Phi) is 5.69. The Morgan fingerprint density at radius 2 is 2.11 bits per heavy atom. The number of carboxylic acids is 1. The number of anilines is 1. The lowest BCUT2D eigenvalue weighted by molar-refractivity contribution is 0.0690. The summed E-state index contributed by atoms with van der Waals surface area (Å²) >= 11 is 0. The summed E-state index contributed by atoms with van der Waals surface area (Å²) in [6, 6.07) is 0. The van der Waals surface area contributed by atoms with E-state index in [9.17, 15) is 4.79 Å². The van der Waals surface area contributed by atoms with Gasteiger partial charge in [-0.3, -0.25) is 0 Å². The summed E-state index contributed by atoms with van der Waals surface area (Å²) in [6.45, 7) is 8.76. The van der Waals surface area contributed by atoms with Crippen LogP contribution in [0.25, 0.3) is 0 Å². The van der Waals surface area contributed by atoms with Crippen LogP contribution in [0.15, 0.2) is 6.20 Å². The molecule has 0 aliphatic carbocycles. The number of hydrogen-bond donors (Lipinski definition) is 2. The molecule has 0 aliphatic heterocycles. The van der Waals surface area contributed by atoms with E-state index in [2.05, 4.69) is 15.3 Å². The maximum absolute atomic E-state index is 11.2. The molecule has 1 aromatic heterocycles. The number of aromatic carboxylic acids is 1. The van der Waals surface area contributed by atoms with E-state index < -0.39 is 5.97 Å². The maximum Gasteiger partial charge on any atom is 0.356 e. The first-order chi connectivity index (χ1) is 8.91. The Labute approximate surface area is 113 Å². The number of nitrogens with zero attached hydrogens (tertiary/aromatic N) is 2. The second-order valence-corrected chi connectivity index (χ2v) is 4.80. The van der Waals surface area contributed by atoms with E-state index in [4.69, 9.17) is 9.84 Å². The molecule has 0 aliphatic rings. The number of ether oxygens (including phenoxy) is 1. The maximum atomic E-state index is 11.2. The Morgan fingerprint density at radius 3 is 2.63 bits per heavy atom. The molecule has 1 rings (SSSR count). The molecule has 106 valence electrons. The topological polar surface area (TPSA) is 84.3 Å². The van der Waals surface area contributed by atoms with Gasteiger partial charge in [0.1, 0.15) is 5.82 Å². The minimum Gasteiger partial charge on any atom is -0.476 e. The first-order valence-corrected chi connectivity index (χ1v) is 6.37. The summed E-state index contributed by atoms with van der Waals surface area (Å²) in [6.07, 6.45) is 1.67. The van der Waals surface area contributed by atoms with E-state index in [1.807, 2.05) is 27.7 Å². The van der Waals surface area contributed by atoms with Crippen LogP contribution in [0, 0.1) is 0 Å². The number of carboxylic acid groups (broad SMARTS) is 1. The minimum atomic E-state index is -1.06. The third-order valence-corrected chi connectivity index (χ3v) is 2.40.